The predicted molar refractivity (Wildman–Crippen MR) is 49.4 cm³/mol. The molecule has 1 saturated heterocycles. The second-order valence-electron chi connectivity index (χ2n) is 3.76. The van der Waals surface area contributed by atoms with E-state index < -0.39 is 6.29 Å². The topological polar surface area (TPSA) is 41.9 Å². The van der Waals surface area contributed by atoms with Gasteiger partial charge in [-0.2, -0.15) is 0 Å². The molecule has 4 nitrogen and oxygen atoms in total. The smallest absolute Gasteiger partial charge is 0.156 e. The summed E-state index contributed by atoms with van der Waals surface area (Å²) in [6.07, 6.45) is -0.0658. The van der Waals surface area contributed by atoms with Crippen LogP contribution in [0.1, 0.15) is 13.3 Å². The first-order valence-corrected chi connectivity index (χ1v) is 4.59. The van der Waals surface area contributed by atoms with Crippen LogP contribution in [0.2, 0.25) is 0 Å². The molecule has 0 aromatic carbocycles. The first kappa shape index (κ1) is 10.9. The second kappa shape index (κ2) is 4.37. The average molecular weight is 189 g/mol. The van der Waals surface area contributed by atoms with Crippen molar-refractivity contribution < 1.29 is 14.6 Å². The molecule has 1 rings (SSSR count). The standard InChI is InChI=1S/C9H19NO3/c1-6-9(12-4)7(10(2)3)5-8(11)13-6/h6-9,11H,5H2,1-4H3/t6-,7+,8-,9-/m0/s1. The minimum Gasteiger partial charge on any atom is -0.377 e. The number of methoxy groups -OCH3 is 1. The van der Waals surface area contributed by atoms with E-state index in [2.05, 4.69) is 4.90 Å². The van der Waals surface area contributed by atoms with Gasteiger partial charge in [0.25, 0.3) is 0 Å². The Kier molecular flexibility index (Phi) is 3.67. The lowest BCUT2D eigenvalue weighted by Gasteiger charge is -2.41. The van der Waals surface area contributed by atoms with Gasteiger partial charge < -0.3 is 19.5 Å². The lowest BCUT2D eigenvalue weighted by Crippen LogP contribution is -2.53. The number of hydrogen-bond donors (Lipinski definition) is 1. The third kappa shape index (κ3) is 2.40. The molecule has 0 aromatic rings. The third-order valence-corrected chi connectivity index (χ3v) is 2.59. The Morgan fingerprint density at radius 2 is 2.08 bits per heavy atom. The highest BCUT2D eigenvalue weighted by molar-refractivity contribution is 4.86. The molecule has 78 valence electrons. The number of ether oxygens (including phenoxy) is 2. The summed E-state index contributed by atoms with van der Waals surface area (Å²) in [5.41, 5.74) is 0. The zero-order chi connectivity index (χ0) is 10.0. The molecule has 0 saturated carbocycles. The van der Waals surface area contributed by atoms with E-state index in [0.717, 1.165) is 0 Å². The van der Waals surface area contributed by atoms with E-state index in [1.807, 2.05) is 21.0 Å². The number of aliphatic hydroxyl groups is 1. The summed E-state index contributed by atoms with van der Waals surface area (Å²) in [6, 6.07) is 0.226. The molecule has 0 aromatic heterocycles. The highest BCUT2D eigenvalue weighted by Gasteiger charge is 2.36. The molecule has 0 spiro atoms. The third-order valence-electron chi connectivity index (χ3n) is 2.59. The number of rotatable bonds is 2. The quantitative estimate of drug-likeness (QED) is 0.667. The highest BCUT2D eigenvalue weighted by atomic mass is 16.6. The molecule has 4 heteroatoms. The average Bonchev–Trinajstić information content (AvgIpc) is 2.02. The van der Waals surface area contributed by atoms with Gasteiger partial charge in [0.05, 0.1) is 12.2 Å². The van der Waals surface area contributed by atoms with Crippen molar-refractivity contribution >= 4 is 0 Å². The Morgan fingerprint density at radius 3 is 2.54 bits per heavy atom. The fourth-order valence-corrected chi connectivity index (χ4v) is 1.89. The number of aliphatic hydroxyl groups excluding tert-OH is 1. The molecule has 1 heterocycles. The van der Waals surface area contributed by atoms with Crippen molar-refractivity contribution in [3.8, 4) is 0 Å². The van der Waals surface area contributed by atoms with Crippen LogP contribution in [0, 0.1) is 0 Å². The van der Waals surface area contributed by atoms with Crippen LogP contribution in [0.5, 0.6) is 0 Å². The van der Waals surface area contributed by atoms with Gasteiger partial charge in [0.1, 0.15) is 0 Å². The Bertz CT molecular complexity index is 163. The fraction of sp³-hybridized carbons (Fsp3) is 1.00. The first-order valence-electron chi connectivity index (χ1n) is 4.59. The van der Waals surface area contributed by atoms with Crippen molar-refractivity contribution in [1.29, 1.82) is 0 Å². The largest absolute Gasteiger partial charge is 0.377 e. The van der Waals surface area contributed by atoms with E-state index in [4.69, 9.17) is 9.47 Å². The van der Waals surface area contributed by atoms with Gasteiger partial charge in [0.15, 0.2) is 6.29 Å². The maximum atomic E-state index is 9.41. The Labute approximate surface area is 79.4 Å². The molecular weight excluding hydrogens is 170 g/mol. The van der Waals surface area contributed by atoms with Gasteiger partial charge in [-0.15, -0.1) is 0 Å². The van der Waals surface area contributed by atoms with Crippen molar-refractivity contribution in [2.75, 3.05) is 21.2 Å². The van der Waals surface area contributed by atoms with Gasteiger partial charge in [0.2, 0.25) is 0 Å². The van der Waals surface area contributed by atoms with Crippen LogP contribution >= 0.6 is 0 Å². The van der Waals surface area contributed by atoms with E-state index in [-0.39, 0.29) is 18.2 Å². The van der Waals surface area contributed by atoms with Crippen LogP contribution in [0.4, 0.5) is 0 Å². The summed E-state index contributed by atoms with van der Waals surface area (Å²) in [5, 5.41) is 9.41. The Balaban J connectivity index is 2.66. The molecule has 1 aliphatic heterocycles. The predicted octanol–water partition coefficient (Wildman–Crippen LogP) is 0.0588. The molecule has 0 unspecified atom stereocenters. The molecule has 0 radical (unpaired) electrons. The van der Waals surface area contributed by atoms with Crippen molar-refractivity contribution in [3.05, 3.63) is 0 Å². The molecule has 13 heavy (non-hydrogen) atoms. The second-order valence-corrected chi connectivity index (χ2v) is 3.76. The molecular formula is C9H19NO3. The van der Waals surface area contributed by atoms with Crippen molar-refractivity contribution in [2.24, 2.45) is 0 Å². The normalized spacial score (nSPS) is 41.1. The van der Waals surface area contributed by atoms with E-state index in [1.54, 1.807) is 7.11 Å². The van der Waals surface area contributed by atoms with Gasteiger partial charge in [-0.1, -0.05) is 0 Å². The van der Waals surface area contributed by atoms with Crippen LogP contribution in [0.15, 0.2) is 0 Å². The molecule has 1 N–H and O–H groups in total. The summed E-state index contributed by atoms with van der Waals surface area (Å²) >= 11 is 0. The maximum Gasteiger partial charge on any atom is 0.156 e. The lowest BCUT2D eigenvalue weighted by molar-refractivity contribution is -0.218. The number of hydrogen-bond acceptors (Lipinski definition) is 4. The van der Waals surface area contributed by atoms with E-state index in [9.17, 15) is 5.11 Å². The van der Waals surface area contributed by atoms with E-state index in [1.165, 1.54) is 0 Å². The van der Waals surface area contributed by atoms with Gasteiger partial charge >= 0.3 is 0 Å². The number of nitrogens with zero attached hydrogens (tertiary/aromatic N) is 1. The maximum absolute atomic E-state index is 9.41. The van der Waals surface area contributed by atoms with Gasteiger partial charge in [-0.3, -0.25) is 0 Å². The number of likely N-dealkylation sites (N-methyl/N-ethyl adjacent to an activating group) is 1. The highest BCUT2D eigenvalue weighted by Crippen LogP contribution is 2.23. The van der Waals surface area contributed by atoms with Crippen LogP contribution in [-0.2, 0) is 9.47 Å². The molecule has 0 bridgehead atoms. The summed E-state index contributed by atoms with van der Waals surface area (Å²) in [4.78, 5) is 2.07. The minimum absolute atomic E-state index is 0.0402. The van der Waals surface area contributed by atoms with Crippen molar-refractivity contribution in [2.45, 2.75) is 37.9 Å². The fourth-order valence-electron chi connectivity index (χ4n) is 1.89. The van der Waals surface area contributed by atoms with E-state index >= 15 is 0 Å². The molecule has 0 amide bonds. The summed E-state index contributed by atoms with van der Waals surface area (Å²) in [6.45, 7) is 1.92. The van der Waals surface area contributed by atoms with Crippen LogP contribution in [-0.4, -0.2) is 55.8 Å². The van der Waals surface area contributed by atoms with Gasteiger partial charge in [-0.25, -0.2) is 0 Å². The van der Waals surface area contributed by atoms with Crippen molar-refractivity contribution in [3.63, 3.8) is 0 Å². The zero-order valence-electron chi connectivity index (χ0n) is 8.73. The lowest BCUT2D eigenvalue weighted by atomic mass is 9.98. The zero-order valence-corrected chi connectivity index (χ0v) is 8.73. The SMILES string of the molecule is CO[C@H]1[C@H](C)O[C@H](O)C[C@H]1N(C)C. The molecule has 1 aliphatic rings. The van der Waals surface area contributed by atoms with Crippen LogP contribution in [0.3, 0.4) is 0 Å². The van der Waals surface area contributed by atoms with Crippen LogP contribution in [0.25, 0.3) is 0 Å². The molecule has 1 fully saturated rings. The summed E-state index contributed by atoms with van der Waals surface area (Å²) in [5.74, 6) is 0. The molecule has 4 atom stereocenters. The monoisotopic (exact) mass is 189 g/mol. The van der Waals surface area contributed by atoms with Gasteiger partial charge in [0, 0.05) is 19.6 Å². The minimum atomic E-state index is -0.659. The Hall–Kier alpha value is -0.160. The first-order chi connectivity index (χ1) is 6.06. The summed E-state index contributed by atoms with van der Waals surface area (Å²) < 4.78 is 10.6. The van der Waals surface area contributed by atoms with Crippen LogP contribution < -0.4 is 0 Å². The van der Waals surface area contributed by atoms with Gasteiger partial charge in [-0.05, 0) is 21.0 Å². The Morgan fingerprint density at radius 1 is 1.46 bits per heavy atom. The summed E-state index contributed by atoms with van der Waals surface area (Å²) in [7, 11) is 5.65. The van der Waals surface area contributed by atoms with E-state index in [0.29, 0.717) is 6.42 Å². The van der Waals surface area contributed by atoms with Crippen molar-refractivity contribution in [1.82, 2.24) is 4.90 Å². The molecule has 0 aliphatic carbocycles.